The van der Waals surface area contributed by atoms with Crippen molar-refractivity contribution in [3.8, 4) is 0 Å². The molecule has 2 aromatic carbocycles. The van der Waals surface area contributed by atoms with Crippen molar-refractivity contribution >= 4 is 11.8 Å². The number of nitrogens with two attached hydrogens (primary N) is 1. The molecule has 1 atom stereocenters. The van der Waals surface area contributed by atoms with Crippen molar-refractivity contribution in [1.29, 1.82) is 0 Å². The van der Waals surface area contributed by atoms with Gasteiger partial charge in [-0.05, 0) is 37.1 Å². The van der Waals surface area contributed by atoms with Crippen LogP contribution in [0.25, 0.3) is 0 Å². The summed E-state index contributed by atoms with van der Waals surface area (Å²) in [6, 6.07) is 12.5. The number of nitrogens with one attached hydrogen (secondary N) is 1. The first-order valence-electron chi connectivity index (χ1n) is 8.52. The average Bonchev–Trinajstić information content (AvgIpc) is 2.65. The molecular weight excluding hydrogens is 333 g/mol. The fraction of sp³-hybridized carbons (Fsp3) is 0.300. The van der Waals surface area contributed by atoms with Crippen molar-refractivity contribution in [3.05, 3.63) is 71.0 Å². The van der Waals surface area contributed by atoms with Crippen molar-refractivity contribution in [2.45, 2.75) is 26.4 Å². The SMILES string of the molecule is CCN(CC(=O)NCc1ccc(F)cc1)C(=O)C(N)c1ccc(C)cc1. The van der Waals surface area contributed by atoms with Crippen LogP contribution in [0.5, 0.6) is 0 Å². The zero-order valence-electron chi connectivity index (χ0n) is 15.0. The number of nitrogens with zero attached hydrogens (tertiary/aromatic N) is 1. The highest BCUT2D eigenvalue weighted by molar-refractivity contribution is 5.88. The maximum atomic E-state index is 12.9. The second-order valence-corrected chi connectivity index (χ2v) is 6.14. The Bertz CT molecular complexity index is 745. The number of amides is 2. The van der Waals surface area contributed by atoms with Gasteiger partial charge in [0.2, 0.25) is 11.8 Å². The number of carbonyl (C=O) groups is 2. The third-order valence-electron chi connectivity index (χ3n) is 4.13. The van der Waals surface area contributed by atoms with Gasteiger partial charge in [0, 0.05) is 13.1 Å². The molecule has 0 aliphatic heterocycles. The molecule has 0 heterocycles. The minimum Gasteiger partial charge on any atom is -0.350 e. The molecule has 2 aromatic rings. The molecule has 0 saturated heterocycles. The summed E-state index contributed by atoms with van der Waals surface area (Å²) in [5, 5.41) is 2.73. The first-order valence-corrected chi connectivity index (χ1v) is 8.52. The van der Waals surface area contributed by atoms with Gasteiger partial charge >= 0.3 is 0 Å². The Morgan fingerprint density at radius 1 is 1.12 bits per heavy atom. The molecule has 138 valence electrons. The number of hydrogen-bond donors (Lipinski definition) is 2. The molecule has 2 amide bonds. The van der Waals surface area contributed by atoms with Gasteiger partial charge in [0.25, 0.3) is 0 Å². The lowest BCUT2D eigenvalue weighted by molar-refractivity contribution is -0.137. The monoisotopic (exact) mass is 357 g/mol. The van der Waals surface area contributed by atoms with Crippen LogP contribution < -0.4 is 11.1 Å². The van der Waals surface area contributed by atoms with Gasteiger partial charge in [-0.1, -0.05) is 42.0 Å². The van der Waals surface area contributed by atoms with Crippen LogP contribution in [0.1, 0.15) is 29.7 Å². The van der Waals surface area contributed by atoms with Gasteiger partial charge in [-0.25, -0.2) is 4.39 Å². The normalized spacial score (nSPS) is 11.7. The van der Waals surface area contributed by atoms with E-state index in [-0.39, 0.29) is 30.7 Å². The third-order valence-corrected chi connectivity index (χ3v) is 4.13. The predicted molar refractivity (Wildman–Crippen MR) is 98.6 cm³/mol. The number of hydrogen-bond acceptors (Lipinski definition) is 3. The molecule has 0 spiro atoms. The summed E-state index contributed by atoms with van der Waals surface area (Å²) in [4.78, 5) is 26.1. The number of likely N-dealkylation sites (N-methyl/N-ethyl adjacent to an activating group) is 1. The largest absolute Gasteiger partial charge is 0.350 e. The van der Waals surface area contributed by atoms with Gasteiger partial charge < -0.3 is 16.0 Å². The van der Waals surface area contributed by atoms with Crippen LogP contribution in [0.4, 0.5) is 4.39 Å². The zero-order valence-corrected chi connectivity index (χ0v) is 15.0. The molecule has 0 bridgehead atoms. The van der Waals surface area contributed by atoms with Crippen molar-refractivity contribution in [2.24, 2.45) is 5.73 Å². The van der Waals surface area contributed by atoms with E-state index in [1.807, 2.05) is 31.2 Å². The number of aryl methyl sites for hydroxylation is 1. The minimum atomic E-state index is -0.805. The lowest BCUT2D eigenvalue weighted by Gasteiger charge is -2.24. The van der Waals surface area contributed by atoms with Gasteiger partial charge in [0.15, 0.2) is 0 Å². The third kappa shape index (κ3) is 5.39. The van der Waals surface area contributed by atoms with Gasteiger partial charge in [-0.2, -0.15) is 0 Å². The Kier molecular flexibility index (Phi) is 6.86. The molecule has 5 nitrogen and oxygen atoms in total. The summed E-state index contributed by atoms with van der Waals surface area (Å²) < 4.78 is 12.9. The van der Waals surface area contributed by atoms with E-state index >= 15 is 0 Å². The summed E-state index contributed by atoms with van der Waals surface area (Å²) in [5.41, 5.74) is 8.64. The molecule has 0 radical (unpaired) electrons. The predicted octanol–water partition coefficient (Wildman–Crippen LogP) is 2.30. The first-order chi connectivity index (χ1) is 12.4. The van der Waals surface area contributed by atoms with E-state index in [9.17, 15) is 14.0 Å². The van der Waals surface area contributed by atoms with Crippen LogP contribution in [0.3, 0.4) is 0 Å². The van der Waals surface area contributed by atoms with Gasteiger partial charge in [0.05, 0.1) is 6.54 Å². The number of benzene rings is 2. The summed E-state index contributed by atoms with van der Waals surface area (Å²) in [6.07, 6.45) is 0. The zero-order chi connectivity index (χ0) is 19.1. The summed E-state index contributed by atoms with van der Waals surface area (Å²) in [7, 11) is 0. The molecule has 0 aliphatic rings. The average molecular weight is 357 g/mol. The van der Waals surface area contributed by atoms with E-state index in [2.05, 4.69) is 5.32 Å². The molecule has 0 aliphatic carbocycles. The molecule has 1 unspecified atom stereocenters. The Hall–Kier alpha value is -2.73. The topological polar surface area (TPSA) is 75.4 Å². The van der Waals surface area contributed by atoms with E-state index in [1.165, 1.54) is 17.0 Å². The van der Waals surface area contributed by atoms with E-state index in [0.717, 1.165) is 11.1 Å². The highest BCUT2D eigenvalue weighted by Crippen LogP contribution is 2.14. The van der Waals surface area contributed by atoms with E-state index in [0.29, 0.717) is 12.1 Å². The first kappa shape index (κ1) is 19.6. The van der Waals surface area contributed by atoms with Gasteiger partial charge in [-0.3, -0.25) is 9.59 Å². The lowest BCUT2D eigenvalue weighted by atomic mass is 10.0. The minimum absolute atomic E-state index is 0.0733. The van der Waals surface area contributed by atoms with Crippen LogP contribution in [0, 0.1) is 12.7 Å². The van der Waals surface area contributed by atoms with Crippen molar-refractivity contribution in [2.75, 3.05) is 13.1 Å². The summed E-state index contributed by atoms with van der Waals surface area (Å²) in [5.74, 6) is -0.915. The lowest BCUT2D eigenvalue weighted by Crippen LogP contribution is -2.44. The van der Waals surface area contributed by atoms with E-state index in [1.54, 1.807) is 19.1 Å². The molecule has 26 heavy (non-hydrogen) atoms. The highest BCUT2D eigenvalue weighted by Gasteiger charge is 2.23. The molecule has 3 N–H and O–H groups in total. The standard InChI is InChI=1S/C20H24FN3O2/c1-3-24(20(26)19(22)16-8-4-14(2)5-9-16)13-18(25)23-12-15-6-10-17(21)11-7-15/h4-11,19H,3,12-13,22H2,1-2H3,(H,23,25). The number of rotatable bonds is 7. The fourth-order valence-electron chi connectivity index (χ4n) is 2.49. The molecule has 0 saturated carbocycles. The van der Waals surface area contributed by atoms with Crippen LogP contribution in [0.2, 0.25) is 0 Å². The fourth-order valence-corrected chi connectivity index (χ4v) is 2.49. The maximum Gasteiger partial charge on any atom is 0.244 e. The Labute approximate surface area is 153 Å². The van der Waals surface area contributed by atoms with Crippen molar-refractivity contribution in [3.63, 3.8) is 0 Å². The van der Waals surface area contributed by atoms with Gasteiger partial charge in [0.1, 0.15) is 11.9 Å². The molecule has 2 rings (SSSR count). The second-order valence-electron chi connectivity index (χ2n) is 6.14. The summed E-state index contributed by atoms with van der Waals surface area (Å²) in [6.45, 7) is 4.33. The molecule has 6 heteroatoms. The van der Waals surface area contributed by atoms with E-state index < -0.39 is 6.04 Å². The Morgan fingerprint density at radius 2 is 1.73 bits per heavy atom. The highest BCUT2D eigenvalue weighted by atomic mass is 19.1. The van der Waals surface area contributed by atoms with E-state index in [4.69, 9.17) is 5.73 Å². The van der Waals surface area contributed by atoms with Crippen molar-refractivity contribution < 1.29 is 14.0 Å². The van der Waals surface area contributed by atoms with Crippen LogP contribution >= 0.6 is 0 Å². The maximum absolute atomic E-state index is 12.9. The Morgan fingerprint density at radius 3 is 2.31 bits per heavy atom. The molecular formula is C20H24FN3O2. The van der Waals surface area contributed by atoms with Gasteiger partial charge in [-0.15, -0.1) is 0 Å². The molecule has 0 aromatic heterocycles. The van der Waals surface area contributed by atoms with Crippen LogP contribution in [-0.2, 0) is 16.1 Å². The number of halogens is 1. The second kappa shape index (κ2) is 9.10. The van der Waals surface area contributed by atoms with Crippen LogP contribution in [0.15, 0.2) is 48.5 Å². The number of carbonyl (C=O) groups excluding carboxylic acids is 2. The van der Waals surface area contributed by atoms with Crippen molar-refractivity contribution in [1.82, 2.24) is 10.2 Å². The molecule has 0 fully saturated rings. The smallest absolute Gasteiger partial charge is 0.244 e. The Balaban J connectivity index is 1.92. The summed E-state index contributed by atoms with van der Waals surface area (Å²) >= 11 is 0. The van der Waals surface area contributed by atoms with Crippen LogP contribution in [-0.4, -0.2) is 29.8 Å². The quantitative estimate of drug-likeness (QED) is 0.798.